The average Bonchev–Trinajstić information content (AvgIpc) is 2.93. The van der Waals surface area contributed by atoms with Crippen molar-refractivity contribution in [2.45, 2.75) is 27.5 Å². The Hall–Kier alpha value is -3.04. The van der Waals surface area contributed by atoms with Crippen LogP contribution in [-0.2, 0) is 49.6 Å². The Morgan fingerprint density at radius 3 is 2.23 bits per heavy atom. The van der Waals surface area contributed by atoms with Gasteiger partial charge in [0.2, 0.25) is 0 Å². The van der Waals surface area contributed by atoms with Crippen molar-refractivity contribution >= 4 is 78.1 Å². The SMILES string of the molecule is CN=Nc1c(S(=O)(=O)O)cc2cc(SOOO)c(N=Nc3ccc(CCCOSOOO)cc3S(=O)(=O)O)c(N)c2c1O. The number of aromatic hydroxyl groups is 1. The van der Waals surface area contributed by atoms with Crippen LogP contribution in [0.3, 0.4) is 0 Å². The molecule has 0 saturated carbocycles. The summed E-state index contributed by atoms with van der Waals surface area (Å²) in [6, 6.07) is 6.00. The number of nitrogens with zero attached hydrogens (tertiary/aromatic N) is 4. The van der Waals surface area contributed by atoms with Gasteiger partial charge >= 0.3 is 0 Å². The molecule has 19 nitrogen and oxygen atoms in total. The number of hydrogen-bond acceptors (Lipinski definition) is 19. The van der Waals surface area contributed by atoms with Gasteiger partial charge in [-0.05, 0) is 48.1 Å². The Balaban J connectivity index is 2.13. The van der Waals surface area contributed by atoms with E-state index in [1.54, 1.807) is 0 Å². The summed E-state index contributed by atoms with van der Waals surface area (Å²) in [6.45, 7) is 0.123. The summed E-state index contributed by atoms with van der Waals surface area (Å²) in [5.74, 6) is -0.804. The highest BCUT2D eigenvalue weighted by Crippen LogP contribution is 2.49. The number of rotatable bonds is 15. The molecule has 43 heavy (non-hydrogen) atoms. The number of phenols is 1. The first-order chi connectivity index (χ1) is 20.3. The molecule has 0 amide bonds. The van der Waals surface area contributed by atoms with E-state index in [0.717, 1.165) is 12.1 Å². The largest absolute Gasteiger partial charge is 0.505 e. The van der Waals surface area contributed by atoms with Crippen LogP contribution in [0.2, 0.25) is 0 Å². The van der Waals surface area contributed by atoms with Crippen LogP contribution in [0.4, 0.5) is 22.7 Å². The smallest absolute Gasteiger partial charge is 0.296 e. The normalized spacial score (nSPS) is 12.7. The zero-order valence-corrected chi connectivity index (χ0v) is 24.7. The van der Waals surface area contributed by atoms with Gasteiger partial charge in [-0.3, -0.25) is 13.3 Å². The lowest BCUT2D eigenvalue weighted by atomic mass is 10.1. The summed E-state index contributed by atoms with van der Waals surface area (Å²) in [7, 11) is -8.55. The number of phenolic OH excluding ortho intramolecular Hbond substituents is 1. The zero-order chi connectivity index (χ0) is 31.8. The van der Waals surface area contributed by atoms with Gasteiger partial charge < -0.3 is 10.8 Å². The molecule has 0 aliphatic rings. The van der Waals surface area contributed by atoms with Gasteiger partial charge in [-0.15, -0.1) is 18.9 Å². The number of aryl methyl sites for hydroxylation is 1. The van der Waals surface area contributed by atoms with E-state index in [1.807, 2.05) is 0 Å². The molecule has 0 aromatic heterocycles. The lowest BCUT2D eigenvalue weighted by Gasteiger charge is -2.14. The van der Waals surface area contributed by atoms with Crippen LogP contribution >= 0.6 is 24.4 Å². The van der Waals surface area contributed by atoms with E-state index < -0.39 is 41.5 Å². The van der Waals surface area contributed by atoms with E-state index in [4.69, 9.17) is 20.4 Å². The predicted molar refractivity (Wildman–Crippen MR) is 148 cm³/mol. The van der Waals surface area contributed by atoms with Gasteiger partial charge in [0, 0.05) is 7.05 Å². The second kappa shape index (κ2) is 15.1. The molecule has 0 unspecified atom stereocenters. The Kier molecular flexibility index (Phi) is 12.1. The van der Waals surface area contributed by atoms with Crippen LogP contribution in [0.1, 0.15) is 12.0 Å². The average molecular weight is 684 g/mol. The molecule has 234 valence electrons. The standard InChI is InChI=1S/C20H21N5O14S4/c1-22-24-19-15(43(32,33)34)9-11-8-13(40-38-36-27)18(17(21)16(11)20(19)26)25-23-12-5-4-10(7-14(12)42(29,30)31)3-2-6-35-41-39-37-28/h4-5,7-9,26-28H,2-3,6,21H2,1H3,(H,29,30,31)(H,32,33,34). The molecule has 23 heteroatoms. The summed E-state index contributed by atoms with van der Waals surface area (Å²) in [6.07, 6.45) is 0.663. The highest BCUT2D eigenvalue weighted by atomic mass is 32.2. The van der Waals surface area contributed by atoms with E-state index >= 15 is 0 Å². The Morgan fingerprint density at radius 2 is 1.60 bits per heavy atom. The lowest BCUT2D eigenvalue weighted by Crippen LogP contribution is -2.01. The third kappa shape index (κ3) is 8.76. The van der Waals surface area contributed by atoms with Crippen LogP contribution in [0.5, 0.6) is 5.75 Å². The van der Waals surface area contributed by atoms with Gasteiger partial charge in [-0.1, -0.05) is 16.1 Å². The van der Waals surface area contributed by atoms with E-state index in [2.05, 4.69) is 39.2 Å². The molecule has 0 aliphatic carbocycles. The molecular weight excluding hydrogens is 663 g/mol. The van der Waals surface area contributed by atoms with Gasteiger partial charge in [-0.25, -0.2) is 10.5 Å². The van der Waals surface area contributed by atoms with E-state index in [1.165, 1.54) is 25.2 Å². The molecule has 0 saturated heterocycles. The summed E-state index contributed by atoms with van der Waals surface area (Å²) >= 11 is 0.694. The van der Waals surface area contributed by atoms with Crippen LogP contribution in [0, 0.1) is 0 Å². The third-order valence-corrected chi connectivity index (χ3v) is 8.05. The first-order valence-corrected chi connectivity index (χ1v) is 15.4. The minimum absolute atomic E-state index is 0.0681. The number of anilines is 1. The number of nitrogen functional groups attached to an aromatic ring is 1. The number of nitrogens with two attached hydrogens (primary N) is 1. The van der Waals surface area contributed by atoms with Gasteiger partial charge in [0.15, 0.2) is 18.1 Å². The molecule has 0 atom stereocenters. The highest BCUT2D eigenvalue weighted by Gasteiger charge is 2.26. The second-order valence-corrected chi connectivity index (χ2v) is 12.0. The first kappa shape index (κ1) is 34.5. The van der Waals surface area contributed by atoms with Crippen molar-refractivity contribution in [3.8, 4) is 5.75 Å². The Labute approximate surface area is 251 Å². The van der Waals surface area contributed by atoms with Gasteiger partial charge in [-0.2, -0.15) is 27.1 Å². The molecule has 0 spiro atoms. The van der Waals surface area contributed by atoms with Crippen molar-refractivity contribution in [2.24, 2.45) is 20.5 Å². The fourth-order valence-electron chi connectivity index (χ4n) is 3.63. The predicted octanol–water partition coefficient (Wildman–Crippen LogP) is 5.11. The maximum Gasteiger partial charge on any atom is 0.296 e. The Morgan fingerprint density at radius 1 is 0.907 bits per heavy atom. The van der Waals surface area contributed by atoms with Crippen molar-refractivity contribution in [2.75, 3.05) is 19.4 Å². The van der Waals surface area contributed by atoms with Crippen LogP contribution in [0.25, 0.3) is 10.8 Å². The van der Waals surface area contributed by atoms with Crippen molar-refractivity contribution in [1.82, 2.24) is 0 Å². The number of azo groups is 2. The van der Waals surface area contributed by atoms with Crippen molar-refractivity contribution in [3.63, 3.8) is 0 Å². The van der Waals surface area contributed by atoms with Crippen molar-refractivity contribution in [1.29, 1.82) is 0 Å². The number of hydrogen-bond donors (Lipinski definition) is 6. The molecule has 3 rings (SSSR count). The van der Waals surface area contributed by atoms with Crippen LogP contribution in [-0.4, -0.2) is 55.2 Å². The number of benzene rings is 3. The molecule has 0 fully saturated rings. The second-order valence-electron chi connectivity index (χ2n) is 7.92. The van der Waals surface area contributed by atoms with Crippen molar-refractivity contribution in [3.05, 3.63) is 35.9 Å². The van der Waals surface area contributed by atoms with Crippen LogP contribution in [0.15, 0.2) is 65.5 Å². The van der Waals surface area contributed by atoms with Gasteiger partial charge in [0.1, 0.15) is 26.9 Å². The third-order valence-electron chi connectivity index (χ3n) is 5.31. The topological polar surface area (TPSA) is 291 Å². The monoisotopic (exact) mass is 683 g/mol. The zero-order valence-electron chi connectivity index (χ0n) is 21.4. The molecule has 0 bridgehead atoms. The molecule has 7 N–H and O–H groups in total. The minimum Gasteiger partial charge on any atom is -0.505 e. The van der Waals surface area contributed by atoms with E-state index in [-0.39, 0.29) is 39.3 Å². The minimum atomic E-state index is -4.91. The van der Waals surface area contributed by atoms with Crippen LogP contribution < -0.4 is 5.73 Å². The van der Waals surface area contributed by atoms with Crippen molar-refractivity contribution < 1.29 is 64.5 Å². The molecule has 3 aromatic rings. The summed E-state index contributed by atoms with van der Waals surface area (Å²) < 4.78 is 81.0. The maximum absolute atomic E-state index is 12.1. The maximum atomic E-state index is 12.1. The number of fused-ring (bicyclic) bond motifs is 1. The summed E-state index contributed by atoms with van der Waals surface area (Å²) in [5, 5.41) is 49.1. The van der Waals surface area contributed by atoms with Gasteiger partial charge in [0.05, 0.1) is 34.6 Å². The quantitative estimate of drug-likeness (QED) is 0.0230. The fourth-order valence-corrected chi connectivity index (χ4v) is 5.72. The fraction of sp³-hybridized carbons (Fsp3) is 0.200. The molecule has 0 radical (unpaired) electrons. The summed E-state index contributed by atoms with van der Waals surface area (Å²) in [4.78, 5) is -1.51. The van der Waals surface area contributed by atoms with E-state index in [0.29, 0.717) is 42.8 Å². The highest BCUT2D eigenvalue weighted by molar-refractivity contribution is 7.94. The Bertz CT molecular complexity index is 1750. The lowest BCUT2D eigenvalue weighted by molar-refractivity contribution is -0.434. The van der Waals surface area contributed by atoms with Gasteiger partial charge in [0.25, 0.3) is 20.2 Å². The molecule has 0 heterocycles. The molecule has 0 aliphatic heterocycles. The molecular formula is C20H21N5O14S4. The summed E-state index contributed by atoms with van der Waals surface area (Å²) in [5.41, 5.74) is 5.12. The first-order valence-electron chi connectivity index (χ1n) is 11.2. The van der Waals surface area contributed by atoms with E-state index in [9.17, 15) is 31.0 Å². The molecule has 3 aromatic carbocycles.